The molecule has 5 rings (SSSR count). The van der Waals surface area contributed by atoms with Crippen molar-refractivity contribution in [3.05, 3.63) is 105 Å². The van der Waals surface area contributed by atoms with E-state index in [2.05, 4.69) is 41.3 Å². The summed E-state index contributed by atoms with van der Waals surface area (Å²) in [4.78, 5) is 14.0. The normalized spacial score (nSPS) is 15.9. The molecule has 200 valence electrons. The minimum atomic E-state index is -0.894. The van der Waals surface area contributed by atoms with E-state index in [0.29, 0.717) is 17.9 Å². The number of nitrogens with zero attached hydrogens (tertiary/aromatic N) is 1. The summed E-state index contributed by atoms with van der Waals surface area (Å²) < 4.78 is 12.4. The molecule has 0 amide bonds. The molecular weight excluding hydrogens is 520 g/mol. The topological polar surface area (TPSA) is 40.5 Å². The van der Waals surface area contributed by atoms with Crippen LogP contribution < -0.4 is 0 Å². The summed E-state index contributed by atoms with van der Waals surface area (Å²) in [6.45, 7) is 4.75. The van der Waals surface area contributed by atoms with Crippen LogP contribution in [-0.4, -0.2) is 42.3 Å². The molecule has 1 aliphatic carbocycles. The van der Waals surface area contributed by atoms with Crippen LogP contribution >= 0.6 is 24.0 Å². The van der Waals surface area contributed by atoms with E-state index >= 15 is 0 Å². The Bertz CT molecular complexity index is 1330. The number of carbonyl (C=O) groups is 1. The average Bonchev–Trinajstić information content (AvgIpc) is 3.06. The second kappa shape index (κ2) is 12.5. The predicted molar refractivity (Wildman–Crippen MR) is 156 cm³/mol. The van der Waals surface area contributed by atoms with Crippen LogP contribution in [0.3, 0.4) is 0 Å². The van der Waals surface area contributed by atoms with Gasteiger partial charge in [-0.05, 0) is 108 Å². The molecule has 0 aromatic heterocycles. The van der Waals surface area contributed by atoms with Gasteiger partial charge < -0.3 is 10.0 Å². The van der Waals surface area contributed by atoms with E-state index in [4.69, 9.17) is 11.6 Å². The summed E-state index contributed by atoms with van der Waals surface area (Å²) in [5.74, 6) is -0.264. The molecule has 1 aliphatic heterocycles. The van der Waals surface area contributed by atoms with Crippen LogP contribution in [0.1, 0.15) is 63.0 Å². The highest BCUT2D eigenvalue weighted by Crippen LogP contribution is 2.41. The van der Waals surface area contributed by atoms with Crippen molar-refractivity contribution in [2.45, 2.75) is 39.0 Å². The number of rotatable bonds is 8. The fourth-order valence-corrected chi connectivity index (χ4v) is 5.90. The third kappa shape index (κ3) is 6.14. The van der Waals surface area contributed by atoms with E-state index in [1.807, 2.05) is 25.1 Å². The molecule has 0 saturated carbocycles. The molecule has 0 spiro atoms. The molecule has 0 radical (unpaired) electrons. The van der Waals surface area contributed by atoms with Crippen LogP contribution in [0.4, 0.5) is 4.39 Å². The fourth-order valence-electron chi connectivity index (χ4n) is 5.78. The summed E-state index contributed by atoms with van der Waals surface area (Å²) in [6, 6.07) is 20.7. The Labute approximate surface area is 235 Å². The van der Waals surface area contributed by atoms with Crippen LogP contribution in [0.25, 0.3) is 11.1 Å². The van der Waals surface area contributed by atoms with Crippen molar-refractivity contribution in [3.8, 4) is 0 Å². The Hall–Kier alpha value is -2.66. The smallest absolute Gasteiger partial charge is 0.335 e. The van der Waals surface area contributed by atoms with E-state index in [1.165, 1.54) is 22.3 Å². The van der Waals surface area contributed by atoms with Crippen molar-refractivity contribution in [3.63, 3.8) is 0 Å². The van der Waals surface area contributed by atoms with Gasteiger partial charge in [0.1, 0.15) is 0 Å². The lowest BCUT2D eigenvalue weighted by molar-refractivity contribution is 0.0696. The molecule has 1 fully saturated rings. The first kappa shape index (κ1) is 28.4. The van der Waals surface area contributed by atoms with E-state index < -0.39 is 5.97 Å². The van der Waals surface area contributed by atoms with Crippen molar-refractivity contribution in [1.82, 2.24) is 4.90 Å². The van der Waals surface area contributed by atoms with Gasteiger partial charge in [-0.1, -0.05) is 54.1 Å². The van der Waals surface area contributed by atoms with Gasteiger partial charge in [-0.15, -0.1) is 12.4 Å². The van der Waals surface area contributed by atoms with Crippen LogP contribution in [0.2, 0.25) is 5.02 Å². The Kier molecular flexibility index (Phi) is 9.30. The first-order valence-corrected chi connectivity index (χ1v) is 13.5. The van der Waals surface area contributed by atoms with Gasteiger partial charge >= 0.3 is 5.97 Å². The standard InChI is InChI=1S/C32H33ClFNO2.ClH/c1-21-16-26(11-13-30(21)33)28-5-2-4-25-18-27(32(36)37)10-12-29(25)31(28)24-8-6-22(7-9-24)17-23-19-35(20-23)15-3-14-34;/h6-13,16,18,23H,2-5,14-15,17,19-20H2,1H3,(H,36,37);1H. The number of carboxylic acids is 1. The highest BCUT2D eigenvalue weighted by Gasteiger charge is 2.26. The highest BCUT2D eigenvalue weighted by molar-refractivity contribution is 6.31. The maximum Gasteiger partial charge on any atom is 0.335 e. The van der Waals surface area contributed by atoms with Gasteiger partial charge in [0.05, 0.1) is 12.2 Å². The van der Waals surface area contributed by atoms with Crippen molar-refractivity contribution >= 4 is 41.1 Å². The molecule has 2 aliphatic rings. The minimum Gasteiger partial charge on any atom is -0.478 e. The number of allylic oxidation sites excluding steroid dienone is 1. The number of likely N-dealkylation sites (tertiary alicyclic amines) is 1. The molecule has 1 N–H and O–H groups in total. The molecule has 3 aromatic rings. The van der Waals surface area contributed by atoms with Crippen LogP contribution in [0.5, 0.6) is 0 Å². The van der Waals surface area contributed by atoms with Crippen molar-refractivity contribution in [1.29, 1.82) is 0 Å². The zero-order valence-corrected chi connectivity index (χ0v) is 23.3. The lowest BCUT2D eigenvalue weighted by Crippen LogP contribution is -2.47. The molecule has 3 aromatic carbocycles. The van der Waals surface area contributed by atoms with Gasteiger partial charge in [0.25, 0.3) is 0 Å². The van der Waals surface area contributed by atoms with E-state index in [-0.39, 0.29) is 19.1 Å². The number of hydrogen-bond donors (Lipinski definition) is 1. The number of aryl methyl sites for hydroxylation is 2. The highest BCUT2D eigenvalue weighted by atomic mass is 35.5. The van der Waals surface area contributed by atoms with Gasteiger partial charge in [0.15, 0.2) is 0 Å². The Morgan fingerprint density at radius 2 is 1.76 bits per heavy atom. The number of benzene rings is 3. The Balaban J connectivity index is 0.00000336. The van der Waals surface area contributed by atoms with Crippen molar-refractivity contribution < 1.29 is 14.3 Å². The number of carboxylic acid groups (broad SMARTS) is 1. The van der Waals surface area contributed by atoms with E-state index in [0.717, 1.165) is 72.6 Å². The van der Waals surface area contributed by atoms with E-state index in [1.54, 1.807) is 6.07 Å². The third-order valence-corrected chi connectivity index (χ3v) is 8.13. The monoisotopic (exact) mass is 553 g/mol. The summed E-state index contributed by atoms with van der Waals surface area (Å²) in [5, 5.41) is 10.3. The number of alkyl halides is 1. The van der Waals surface area contributed by atoms with Gasteiger partial charge in [0.2, 0.25) is 0 Å². The SMILES string of the molecule is Cc1cc(C2=C(c3ccc(CC4CN(CCCF)C4)cc3)c3ccc(C(=O)O)cc3CCC2)ccc1Cl.Cl. The molecule has 1 saturated heterocycles. The second-order valence-electron chi connectivity index (χ2n) is 10.4. The summed E-state index contributed by atoms with van der Waals surface area (Å²) in [6.07, 6.45) is 4.37. The van der Waals surface area contributed by atoms with Gasteiger partial charge in [0, 0.05) is 24.7 Å². The third-order valence-electron chi connectivity index (χ3n) is 7.71. The predicted octanol–water partition coefficient (Wildman–Crippen LogP) is 7.90. The van der Waals surface area contributed by atoms with Gasteiger partial charge in [-0.3, -0.25) is 4.39 Å². The molecular formula is C32H34Cl2FNO2. The summed E-state index contributed by atoms with van der Waals surface area (Å²) in [7, 11) is 0. The van der Waals surface area contributed by atoms with Crippen molar-refractivity contribution in [2.75, 3.05) is 26.3 Å². The Morgan fingerprint density at radius 3 is 2.45 bits per heavy atom. The molecule has 0 atom stereocenters. The molecule has 38 heavy (non-hydrogen) atoms. The van der Waals surface area contributed by atoms with Gasteiger partial charge in [-0.2, -0.15) is 0 Å². The number of aromatic carboxylic acids is 1. The van der Waals surface area contributed by atoms with Crippen molar-refractivity contribution in [2.24, 2.45) is 5.92 Å². The van der Waals surface area contributed by atoms with E-state index in [9.17, 15) is 14.3 Å². The maximum atomic E-state index is 12.4. The number of fused-ring (bicyclic) bond motifs is 1. The molecule has 0 bridgehead atoms. The minimum absolute atomic E-state index is 0. The van der Waals surface area contributed by atoms with Crippen LogP contribution in [-0.2, 0) is 12.8 Å². The zero-order valence-electron chi connectivity index (χ0n) is 21.7. The molecule has 1 heterocycles. The second-order valence-corrected chi connectivity index (χ2v) is 10.8. The largest absolute Gasteiger partial charge is 0.478 e. The summed E-state index contributed by atoms with van der Waals surface area (Å²) >= 11 is 6.35. The zero-order chi connectivity index (χ0) is 25.9. The quantitative estimate of drug-likeness (QED) is 0.308. The number of hydrogen-bond acceptors (Lipinski definition) is 2. The molecule has 3 nitrogen and oxygen atoms in total. The first-order valence-electron chi connectivity index (χ1n) is 13.2. The van der Waals surface area contributed by atoms with Crippen LogP contribution in [0.15, 0.2) is 60.7 Å². The summed E-state index contributed by atoms with van der Waals surface area (Å²) in [5.41, 5.74) is 9.67. The van der Waals surface area contributed by atoms with Crippen LogP contribution in [0, 0.1) is 12.8 Å². The first-order chi connectivity index (χ1) is 17.9. The van der Waals surface area contributed by atoms with Gasteiger partial charge in [-0.25, -0.2) is 4.79 Å². The molecule has 6 heteroatoms. The molecule has 0 unspecified atom stereocenters. The lowest BCUT2D eigenvalue weighted by atomic mass is 9.86. The fraction of sp³-hybridized carbons (Fsp3) is 0.344. The lowest BCUT2D eigenvalue weighted by Gasteiger charge is -2.39. The maximum absolute atomic E-state index is 12.4. The Morgan fingerprint density at radius 1 is 1.03 bits per heavy atom. The average molecular weight is 555 g/mol. The number of halogens is 3.